The van der Waals surface area contributed by atoms with Gasteiger partial charge >= 0.3 is 0 Å². The van der Waals surface area contributed by atoms with Crippen LogP contribution in [0.5, 0.6) is 0 Å². The zero-order valence-corrected chi connectivity index (χ0v) is 22.9. The average Bonchev–Trinajstić information content (AvgIpc) is 3.32. The van der Waals surface area contributed by atoms with Gasteiger partial charge in [0.2, 0.25) is 0 Å². The molecule has 0 N–H and O–H groups in total. The molecule has 3 aliphatic rings. The molecule has 0 bridgehead atoms. The minimum Gasteiger partial charge on any atom is -0.296 e. The third-order valence-corrected chi connectivity index (χ3v) is 9.62. The van der Waals surface area contributed by atoms with E-state index >= 15 is 0 Å². The first-order valence-electron chi connectivity index (χ1n) is 11.1. The van der Waals surface area contributed by atoms with Gasteiger partial charge in [0.25, 0.3) is 0 Å². The van der Waals surface area contributed by atoms with Crippen LogP contribution in [0.2, 0.25) is 0 Å². The number of isothiocyanates is 2. The summed E-state index contributed by atoms with van der Waals surface area (Å²) in [5, 5.41) is 7.83. The van der Waals surface area contributed by atoms with E-state index in [1.807, 2.05) is 0 Å². The predicted molar refractivity (Wildman–Crippen MR) is 157 cm³/mol. The Kier molecular flexibility index (Phi) is 7.45. The molecule has 0 unspecified atom stereocenters. The second-order valence-electron chi connectivity index (χ2n) is 8.29. The van der Waals surface area contributed by atoms with Crippen LogP contribution in [0.4, 0.5) is 0 Å². The fourth-order valence-electron chi connectivity index (χ4n) is 4.35. The molecule has 0 aliphatic carbocycles. The first-order valence-corrected chi connectivity index (χ1v) is 13.9. The van der Waals surface area contributed by atoms with Crippen LogP contribution in [0.15, 0.2) is 58.5 Å². The second kappa shape index (κ2) is 10.7. The summed E-state index contributed by atoms with van der Waals surface area (Å²) in [5.41, 5.74) is 4.61. The Morgan fingerprint density at radius 3 is 1.49 bits per heavy atom. The minimum absolute atomic E-state index is 0.366. The van der Waals surface area contributed by atoms with E-state index in [0.29, 0.717) is 13.1 Å². The molecule has 178 valence electrons. The molecule has 35 heavy (non-hydrogen) atoms. The monoisotopic (exact) mass is 554 g/mol. The highest BCUT2D eigenvalue weighted by Crippen LogP contribution is 2.45. The fraction of sp³-hybridized carbons (Fsp3) is 0.292. The Morgan fingerprint density at radius 1 is 0.686 bits per heavy atom. The quantitative estimate of drug-likeness (QED) is 0.334. The smallest absolute Gasteiger partial charge is 0.189 e. The summed E-state index contributed by atoms with van der Waals surface area (Å²) in [6.45, 7) is 4.42. The molecule has 1 saturated heterocycles. The molecule has 0 amide bonds. The van der Waals surface area contributed by atoms with Crippen molar-refractivity contribution in [3.8, 4) is 0 Å². The van der Waals surface area contributed by atoms with Crippen molar-refractivity contribution in [1.82, 2.24) is 18.4 Å². The molecule has 5 rings (SSSR count). The highest BCUT2D eigenvalue weighted by molar-refractivity contribution is 8.14. The number of benzene rings is 2. The van der Waals surface area contributed by atoms with E-state index in [1.54, 1.807) is 0 Å². The molecular formula is C24H22N6S5. The van der Waals surface area contributed by atoms with Gasteiger partial charge in [-0.3, -0.25) is 18.4 Å². The summed E-state index contributed by atoms with van der Waals surface area (Å²) in [5.74, 6) is 0. The van der Waals surface area contributed by atoms with Gasteiger partial charge in [-0.25, -0.2) is 9.98 Å². The van der Waals surface area contributed by atoms with Crippen molar-refractivity contribution in [3.05, 3.63) is 70.8 Å². The molecular weight excluding hydrogens is 533 g/mol. The van der Waals surface area contributed by atoms with E-state index < -0.39 is 0 Å². The summed E-state index contributed by atoms with van der Waals surface area (Å²) in [4.78, 5) is 12.6. The maximum atomic E-state index is 5.98. The first kappa shape index (κ1) is 24.3. The summed E-state index contributed by atoms with van der Waals surface area (Å²) in [6.07, 6.45) is 1.03. The summed E-state index contributed by atoms with van der Waals surface area (Å²) < 4.78 is 4.66. The number of hydrogen-bond donors (Lipinski definition) is 0. The molecule has 0 atom stereocenters. The molecule has 2 aromatic carbocycles. The summed E-state index contributed by atoms with van der Waals surface area (Å²) in [7, 11) is -0.366. The number of nitrogens with zero attached hydrogens (tertiary/aromatic N) is 6. The van der Waals surface area contributed by atoms with Gasteiger partial charge in [-0.15, -0.1) is 0 Å². The Morgan fingerprint density at radius 2 is 1.09 bits per heavy atom. The predicted octanol–water partition coefficient (Wildman–Crippen LogP) is 4.99. The highest BCUT2D eigenvalue weighted by atomic mass is 32.2. The lowest BCUT2D eigenvalue weighted by molar-refractivity contribution is 0.390. The molecule has 0 spiro atoms. The van der Waals surface area contributed by atoms with Crippen molar-refractivity contribution < 1.29 is 0 Å². The van der Waals surface area contributed by atoms with Gasteiger partial charge in [-0.05, 0) is 77.5 Å². The van der Waals surface area contributed by atoms with Crippen molar-refractivity contribution in [2.24, 2.45) is 9.98 Å². The SMILES string of the molecule is S=C=NCc1ccc(CN2C(=S)N3CCCN4C(=S)N(Cc5ccc(CN=C=S)cc5)S2=C34)cc1. The van der Waals surface area contributed by atoms with Crippen LogP contribution < -0.4 is 0 Å². The van der Waals surface area contributed by atoms with Crippen LogP contribution in [0, 0.1) is 0 Å². The summed E-state index contributed by atoms with van der Waals surface area (Å²) in [6, 6.07) is 16.9. The third kappa shape index (κ3) is 4.86. The van der Waals surface area contributed by atoms with Gasteiger partial charge in [0, 0.05) is 13.1 Å². The van der Waals surface area contributed by atoms with Gasteiger partial charge in [0.15, 0.2) is 15.3 Å². The Labute approximate surface area is 229 Å². The third-order valence-electron chi connectivity index (χ3n) is 6.05. The standard InChI is InChI=1S/C24H22N6S5/c31-16-25-12-18-2-6-20(7-3-18)14-29-22(33)27-10-1-11-28-23(34)30(35(29)24(27)28)15-21-8-4-19(5-9-21)13-26-17-32/h2-9H,1,10-15H2. The van der Waals surface area contributed by atoms with Gasteiger partial charge in [-0.2, -0.15) is 0 Å². The Bertz CT molecular complexity index is 1200. The van der Waals surface area contributed by atoms with Crippen molar-refractivity contribution in [2.45, 2.75) is 32.6 Å². The van der Waals surface area contributed by atoms with Crippen molar-refractivity contribution in [2.75, 3.05) is 13.1 Å². The van der Waals surface area contributed by atoms with E-state index in [0.717, 1.165) is 54.0 Å². The van der Waals surface area contributed by atoms with Crippen LogP contribution >= 0.6 is 59.7 Å². The average molecular weight is 555 g/mol. The van der Waals surface area contributed by atoms with Crippen LogP contribution in [-0.2, 0) is 26.2 Å². The van der Waals surface area contributed by atoms with Gasteiger partial charge in [-0.1, -0.05) is 48.5 Å². The molecule has 0 radical (unpaired) electrons. The second-order valence-corrected chi connectivity index (χ2v) is 11.2. The Balaban J connectivity index is 1.41. The molecule has 1 fully saturated rings. The molecule has 3 heterocycles. The number of rotatable bonds is 8. The van der Waals surface area contributed by atoms with Crippen molar-refractivity contribution in [1.29, 1.82) is 0 Å². The van der Waals surface area contributed by atoms with Crippen molar-refractivity contribution >= 4 is 85.4 Å². The maximum absolute atomic E-state index is 5.98. The van der Waals surface area contributed by atoms with E-state index in [1.165, 1.54) is 16.2 Å². The lowest BCUT2D eigenvalue weighted by Crippen LogP contribution is -2.52. The molecule has 2 aromatic rings. The number of thiocarbonyl (C=S) groups is 4. The lowest BCUT2D eigenvalue weighted by Gasteiger charge is -2.37. The molecule has 6 nitrogen and oxygen atoms in total. The molecule has 0 aromatic heterocycles. The van der Waals surface area contributed by atoms with E-state index in [4.69, 9.17) is 24.4 Å². The first-order chi connectivity index (χ1) is 17.1. The number of hydrogen-bond acceptors (Lipinski definition) is 6. The van der Waals surface area contributed by atoms with Crippen LogP contribution in [-0.4, -0.2) is 57.2 Å². The summed E-state index contributed by atoms with van der Waals surface area (Å²) >= 11 is 21.3. The van der Waals surface area contributed by atoms with E-state index in [9.17, 15) is 0 Å². The fourth-order valence-corrected chi connectivity index (χ4v) is 7.92. The van der Waals surface area contributed by atoms with E-state index in [2.05, 4.69) is 112 Å². The topological polar surface area (TPSA) is 37.7 Å². The molecule has 11 heteroatoms. The zero-order valence-electron chi connectivity index (χ0n) is 18.8. The largest absolute Gasteiger partial charge is 0.296 e. The maximum Gasteiger partial charge on any atom is 0.189 e. The normalized spacial score (nSPS) is 18.5. The van der Waals surface area contributed by atoms with Crippen LogP contribution in [0.1, 0.15) is 28.7 Å². The van der Waals surface area contributed by atoms with Crippen LogP contribution in [0.25, 0.3) is 0 Å². The molecule has 0 saturated carbocycles. The molecule has 3 aliphatic heterocycles. The highest BCUT2D eigenvalue weighted by Gasteiger charge is 2.48. The number of aliphatic imine (C=N–C) groups is 2. The van der Waals surface area contributed by atoms with Crippen LogP contribution in [0.3, 0.4) is 0 Å². The lowest BCUT2D eigenvalue weighted by atomic mass is 10.1. The van der Waals surface area contributed by atoms with Gasteiger partial charge in [0.1, 0.15) is 0 Å². The van der Waals surface area contributed by atoms with Gasteiger partial charge < -0.3 is 0 Å². The Hall–Kier alpha value is -2.36. The van der Waals surface area contributed by atoms with Crippen molar-refractivity contribution in [3.63, 3.8) is 0 Å². The van der Waals surface area contributed by atoms with Gasteiger partial charge in [0.05, 0.1) is 47.4 Å². The van der Waals surface area contributed by atoms with E-state index in [-0.39, 0.29) is 10.9 Å². The zero-order chi connectivity index (χ0) is 24.4. The minimum atomic E-state index is -0.366.